The lowest BCUT2D eigenvalue weighted by Crippen LogP contribution is -2.41. The molecule has 0 radical (unpaired) electrons. The number of nitrogens with zero attached hydrogens (tertiary/aromatic N) is 1. The Kier molecular flexibility index (Phi) is 7.78. The van der Waals surface area contributed by atoms with Crippen molar-refractivity contribution < 1.29 is 33.0 Å². The molecule has 7 nitrogen and oxygen atoms in total. The fourth-order valence-electron chi connectivity index (χ4n) is 3.52. The molecule has 1 aromatic heterocycles. The summed E-state index contributed by atoms with van der Waals surface area (Å²) < 4.78 is 37.5. The minimum Gasteiger partial charge on any atom is -0.503 e. The second-order valence-corrected chi connectivity index (χ2v) is 7.63. The molecular weight excluding hydrogens is 446 g/mol. The number of halogens is 2. The fourth-order valence-corrected chi connectivity index (χ4v) is 3.52. The zero-order chi connectivity index (χ0) is 24.8. The van der Waals surface area contributed by atoms with Gasteiger partial charge in [-0.1, -0.05) is 24.3 Å². The number of amides is 1. The molecule has 2 atom stereocenters. The third kappa shape index (κ3) is 5.67. The van der Waals surface area contributed by atoms with E-state index in [-0.39, 0.29) is 11.4 Å². The molecule has 9 heteroatoms. The van der Waals surface area contributed by atoms with Crippen LogP contribution in [0.3, 0.4) is 0 Å². The molecular formula is C25H24F2N2O5. The fraction of sp³-hybridized carbons (Fsp3) is 0.240. The van der Waals surface area contributed by atoms with Crippen molar-refractivity contribution in [3.63, 3.8) is 0 Å². The molecule has 0 saturated heterocycles. The van der Waals surface area contributed by atoms with Gasteiger partial charge in [0.1, 0.15) is 23.8 Å². The van der Waals surface area contributed by atoms with Crippen LogP contribution in [-0.2, 0) is 9.53 Å². The largest absolute Gasteiger partial charge is 0.503 e. The van der Waals surface area contributed by atoms with Crippen LogP contribution >= 0.6 is 0 Å². The maximum absolute atomic E-state index is 13.5. The number of pyridine rings is 1. The van der Waals surface area contributed by atoms with Gasteiger partial charge < -0.3 is 19.9 Å². The van der Waals surface area contributed by atoms with Crippen molar-refractivity contribution in [1.29, 1.82) is 0 Å². The van der Waals surface area contributed by atoms with Crippen LogP contribution in [0.1, 0.15) is 41.4 Å². The van der Waals surface area contributed by atoms with Gasteiger partial charge in [0.15, 0.2) is 17.2 Å². The van der Waals surface area contributed by atoms with Gasteiger partial charge in [-0.25, -0.2) is 18.6 Å². The molecule has 3 aromatic rings. The quantitative estimate of drug-likeness (QED) is 0.484. The highest BCUT2D eigenvalue weighted by atomic mass is 19.1. The number of carbonyl (C=O) groups excluding carboxylic acids is 2. The Balaban J connectivity index is 1.76. The van der Waals surface area contributed by atoms with Crippen LogP contribution in [0, 0.1) is 11.6 Å². The van der Waals surface area contributed by atoms with Crippen molar-refractivity contribution in [2.45, 2.75) is 31.9 Å². The lowest BCUT2D eigenvalue weighted by molar-refractivity contribution is -0.150. The van der Waals surface area contributed by atoms with Crippen LogP contribution in [0.5, 0.6) is 11.5 Å². The van der Waals surface area contributed by atoms with Gasteiger partial charge in [0.25, 0.3) is 5.91 Å². The number of carbonyl (C=O) groups is 2. The van der Waals surface area contributed by atoms with Crippen molar-refractivity contribution in [2.24, 2.45) is 0 Å². The summed E-state index contributed by atoms with van der Waals surface area (Å²) in [5.41, 5.74) is 1.02. The molecule has 0 spiro atoms. The van der Waals surface area contributed by atoms with Crippen molar-refractivity contribution in [3.8, 4) is 11.5 Å². The second kappa shape index (κ2) is 10.7. The summed E-state index contributed by atoms with van der Waals surface area (Å²) in [7, 11) is 1.33. The Bertz CT molecular complexity index is 1110. The van der Waals surface area contributed by atoms with Crippen LogP contribution in [-0.4, -0.2) is 41.2 Å². The normalized spacial score (nSPS) is 12.6. The average Bonchev–Trinajstić information content (AvgIpc) is 2.81. The number of methoxy groups -OCH3 is 1. The molecule has 0 fully saturated rings. The Hall–Kier alpha value is -4.01. The third-order valence-electron chi connectivity index (χ3n) is 5.25. The van der Waals surface area contributed by atoms with Crippen LogP contribution in [0.4, 0.5) is 8.78 Å². The van der Waals surface area contributed by atoms with Gasteiger partial charge in [0.2, 0.25) is 0 Å². The van der Waals surface area contributed by atoms with Gasteiger partial charge in [0.05, 0.1) is 7.11 Å². The first kappa shape index (κ1) is 24.6. The van der Waals surface area contributed by atoms with E-state index in [1.807, 2.05) is 0 Å². The Morgan fingerprint density at radius 2 is 1.47 bits per heavy atom. The van der Waals surface area contributed by atoms with E-state index < -0.39 is 47.3 Å². The number of benzene rings is 2. The summed E-state index contributed by atoms with van der Waals surface area (Å²) in [6.45, 7) is 3.08. The van der Waals surface area contributed by atoms with Gasteiger partial charge in [-0.2, -0.15) is 0 Å². The molecule has 1 heterocycles. The number of aromatic nitrogens is 1. The van der Waals surface area contributed by atoms with Crippen LogP contribution in [0.2, 0.25) is 0 Å². The van der Waals surface area contributed by atoms with E-state index in [2.05, 4.69) is 10.3 Å². The van der Waals surface area contributed by atoms with E-state index in [9.17, 15) is 23.5 Å². The minimum absolute atomic E-state index is 0.0606. The van der Waals surface area contributed by atoms with Crippen molar-refractivity contribution >= 4 is 11.9 Å². The summed E-state index contributed by atoms with van der Waals surface area (Å²) in [6.07, 6.45) is 0.542. The van der Waals surface area contributed by atoms with Gasteiger partial charge in [-0.05, 0) is 49.2 Å². The van der Waals surface area contributed by atoms with E-state index in [0.717, 1.165) is 0 Å². The molecule has 2 N–H and O–H groups in total. The van der Waals surface area contributed by atoms with Gasteiger partial charge in [-0.15, -0.1) is 0 Å². The highest BCUT2D eigenvalue weighted by Gasteiger charge is 2.28. The molecule has 1 amide bonds. The predicted octanol–water partition coefficient (Wildman–Crippen LogP) is 3.96. The smallest absolute Gasteiger partial charge is 0.328 e. The summed E-state index contributed by atoms with van der Waals surface area (Å²) in [5.74, 6) is -3.28. The first-order valence-electron chi connectivity index (χ1n) is 10.5. The van der Waals surface area contributed by atoms with Crippen molar-refractivity contribution in [1.82, 2.24) is 10.3 Å². The molecule has 0 saturated carbocycles. The standard InChI is InChI=1S/C25H24F2N2O5/c1-14(29-24(31)22-23(30)20(33-3)12-13-28-22)25(32)34-15(2)21(16-4-8-18(26)9-5-16)17-6-10-19(27)11-7-17/h4-15,21,30H,1-3H3,(H,29,31)/t14-,15+/m0/s1. The maximum atomic E-state index is 13.5. The molecule has 0 aliphatic rings. The zero-order valence-electron chi connectivity index (χ0n) is 18.8. The van der Waals surface area contributed by atoms with E-state index in [1.165, 1.54) is 50.6 Å². The Morgan fingerprint density at radius 1 is 0.941 bits per heavy atom. The van der Waals surface area contributed by atoms with Gasteiger partial charge >= 0.3 is 5.97 Å². The first-order chi connectivity index (χ1) is 16.2. The molecule has 0 aliphatic carbocycles. The monoisotopic (exact) mass is 470 g/mol. The highest BCUT2D eigenvalue weighted by Crippen LogP contribution is 2.31. The van der Waals surface area contributed by atoms with Crippen LogP contribution in [0.15, 0.2) is 60.8 Å². The predicted molar refractivity (Wildman–Crippen MR) is 120 cm³/mol. The van der Waals surface area contributed by atoms with Gasteiger partial charge in [0, 0.05) is 18.2 Å². The Morgan fingerprint density at radius 3 is 1.97 bits per heavy atom. The Labute approximate surface area is 195 Å². The first-order valence-corrected chi connectivity index (χ1v) is 10.5. The molecule has 0 aliphatic heterocycles. The highest BCUT2D eigenvalue weighted by molar-refractivity contribution is 5.97. The van der Waals surface area contributed by atoms with E-state index >= 15 is 0 Å². The number of ether oxygens (including phenoxy) is 2. The summed E-state index contributed by atoms with van der Waals surface area (Å²) in [4.78, 5) is 29.1. The molecule has 3 rings (SSSR count). The second-order valence-electron chi connectivity index (χ2n) is 7.63. The van der Waals surface area contributed by atoms with E-state index in [1.54, 1.807) is 31.2 Å². The number of rotatable bonds is 8. The minimum atomic E-state index is -1.08. The average molecular weight is 470 g/mol. The van der Waals surface area contributed by atoms with Crippen molar-refractivity contribution in [3.05, 3.63) is 89.2 Å². The lowest BCUT2D eigenvalue weighted by Gasteiger charge is -2.26. The van der Waals surface area contributed by atoms with Crippen LogP contribution < -0.4 is 10.1 Å². The third-order valence-corrected chi connectivity index (χ3v) is 5.25. The molecule has 34 heavy (non-hydrogen) atoms. The molecule has 178 valence electrons. The molecule has 0 bridgehead atoms. The zero-order valence-corrected chi connectivity index (χ0v) is 18.8. The van der Waals surface area contributed by atoms with Crippen molar-refractivity contribution in [2.75, 3.05) is 7.11 Å². The lowest BCUT2D eigenvalue weighted by atomic mass is 9.87. The summed E-state index contributed by atoms with van der Waals surface area (Å²) >= 11 is 0. The maximum Gasteiger partial charge on any atom is 0.328 e. The summed E-state index contributed by atoms with van der Waals surface area (Å²) in [6, 6.07) is 11.7. The number of nitrogens with one attached hydrogen (secondary N) is 1. The summed E-state index contributed by atoms with van der Waals surface area (Å²) in [5, 5.41) is 12.5. The number of esters is 1. The molecule has 2 aromatic carbocycles. The van der Waals surface area contributed by atoms with E-state index in [0.29, 0.717) is 11.1 Å². The van der Waals surface area contributed by atoms with E-state index in [4.69, 9.17) is 9.47 Å². The topological polar surface area (TPSA) is 97.8 Å². The molecule has 0 unspecified atom stereocenters. The number of hydrogen-bond donors (Lipinski definition) is 2. The number of aromatic hydroxyl groups is 1. The van der Waals surface area contributed by atoms with Gasteiger partial charge in [-0.3, -0.25) is 4.79 Å². The SMILES string of the molecule is COc1ccnc(C(=O)N[C@@H](C)C(=O)O[C@H](C)C(c2ccc(F)cc2)c2ccc(F)cc2)c1O. The number of hydrogen-bond acceptors (Lipinski definition) is 6. The van der Waals surface area contributed by atoms with Crippen LogP contribution in [0.25, 0.3) is 0 Å².